The number of alkyl halides is 3. The first-order valence-electron chi connectivity index (χ1n) is 17.5. The summed E-state index contributed by atoms with van der Waals surface area (Å²) in [5.74, 6) is -3.58. The molecule has 3 heterocycles. The number of anilines is 1. The SMILES string of the molecule is COc1ccc(S(=O)(=O)N2C(=O)C(c3cc(CN4CCC(C(N)=O)CC4)ccc3OC)(N3C[C@H](O)C[C@H]3C(=O)N(C)C)c3cc(Cl)ccc32)c(OC(F)(F)F)c1. The molecule has 3 N–H and O–H groups in total. The number of hydrogen-bond donors (Lipinski definition) is 2. The molecular formula is C37H41ClF3N5O9S. The van der Waals surface area contributed by atoms with E-state index in [4.69, 9.17) is 26.8 Å². The van der Waals surface area contributed by atoms with Gasteiger partial charge in [-0.05, 0) is 80.4 Å². The number of piperidine rings is 1. The summed E-state index contributed by atoms with van der Waals surface area (Å²) in [4.78, 5) is 45.2. The molecule has 0 saturated carbocycles. The van der Waals surface area contributed by atoms with Crippen molar-refractivity contribution in [1.29, 1.82) is 0 Å². The van der Waals surface area contributed by atoms with Crippen LogP contribution in [0.2, 0.25) is 5.02 Å². The van der Waals surface area contributed by atoms with Crippen molar-refractivity contribution in [1.82, 2.24) is 14.7 Å². The van der Waals surface area contributed by atoms with Crippen LogP contribution in [-0.2, 0) is 36.5 Å². The molecule has 3 aromatic carbocycles. The summed E-state index contributed by atoms with van der Waals surface area (Å²) in [6.07, 6.45) is -5.59. The smallest absolute Gasteiger partial charge is 0.497 e. The number of hydrogen-bond acceptors (Lipinski definition) is 11. The Hall–Kier alpha value is -4.62. The number of primary amides is 1. The number of amides is 3. The number of carbonyl (C=O) groups is 3. The number of sulfonamides is 1. The number of fused-ring (bicyclic) bond motifs is 1. The standard InChI is InChI=1S/C37H41ClF3N5O9S/c1-43(2)34(49)29-17-24(47)20-45(29)36(27-15-21(5-9-30(27)54-4)19-44-13-11-22(12-14-44)33(42)48)26-16-23(38)6-8-28(26)46(35(36)50)56(51,52)32-10-7-25(53-3)18-31(32)55-37(39,40)41/h5-10,15-16,18,22,24,29,47H,11-14,17,19-20H2,1-4H3,(H2,42,48)/t24-,29+,36?/m1/s1. The molecule has 19 heteroatoms. The molecule has 302 valence electrons. The van der Waals surface area contributed by atoms with E-state index < -0.39 is 56.5 Å². The van der Waals surface area contributed by atoms with Gasteiger partial charge in [-0.15, -0.1) is 13.2 Å². The number of nitrogens with zero attached hydrogens (tertiary/aromatic N) is 4. The molecule has 3 atom stereocenters. The van der Waals surface area contributed by atoms with Gasteiger partial charge in [0.2, 0.25) is 11.8 Å². The fraction of sp³-hybridized carbons (Fsp3) is 0.432. The molecule has 0 spiro atoms. The maximum absolute atomic E-state index is 15.7. The molecule has 0 radical (unpaired) electrons. The van der Waals surface area contributed by atoms with Crippen LogP contribution >= 0.6 is 11.6 Å². The van der Waals surface area contributed by atoms with Crippen molar-refractivity contribution in [3.63, 3.8) is 0 Å². The molecule has 3 amide bonds. The van der Waals surface area contributed by atoms with Crippen molar-refractivity contribution < 1.29 is 55.3 Å². The van der Waals surface area contributed by atoms with E-state index in [0.717, 1.165) is 18.2 Å². The van der Waals surface area contributed by atoms with Gasteiger partial charge in [-0.2, -0.15) is 0 Å². The lowest BCUT2D eigenvalue weighted by molar-refractivity contribution is -0.275. The molecule has 6 rings (SSSR count). The minimum absolute atomic E-state index is 0.0336. The molecule has 2 saturated heterocycles. The maximum Gasteiger partial charge on any atom is 0.573 e. The molecule has 2 fully saturated rings. The summed E-state index contributed by atoms with van der Waals surface area (Å²) in [6, 6.07) is 10.4. The van der Waals surface area contributed by atoms with Crippen LogP contribution in [0.25, 0.3) is 0 Å². The zero-order chi connectivity index (χ0) is 40.9. The van der Waals surface area contributed by atoms with Crippen molar-refractivity contribution in [2.24, 2.45) is 11.7 Å². The van der Waals surface area contributed by atoms with Gasteiger partial charge in [0.25, 0.3) is 15.9 Å². The van der Waals surface area contributed by atoms with E-state index in [1.165, 1.54) is 56.3 Å². The largest absolute Gasteiger partial charge is 0.573 e. The van der Waals surface area contributed by atoms with Crippen molar-refractivity contribution >= 4 is 45.0 Å². The Morgan fingerprint density at radius 2 is 1.70 bits per heavy atom. The molecule has 1 unspecified atom stereocenters. The zero-order valence-electron chi connectivity index (χ0n) is 30.9. The number of carbonyl (C=O) groups excluding carboxylic acids is 3. The highest BCUT2D eigenvalue weighted by molar-refractivity contribution is 7.93. The Kier molecular flexibility index (Phi) is 11.3. The van der Waals surface area contributed by atoms with Crippen molar-refractivity contribution in [3.05, 3.63) is 76.3 Å². The van der Waals surface area contributed by atoms with Crippen molar-refractivity contribution in [2.45, 2.75) is 54.7 Å². The van der Waals surface area contributed by atoms with Gasteiger partial charge in [-0.25, -0.2) is 12.7 Å². The third-order valence-electron chi connectivity index (χ3n) is 10.4. The highest BCUT2D eigenvalue weighted by atomic mass is 35.5. The first kappa shape index (κ1) is 41.0. The molecule has 0 bridgehead atoms. The number of rotatable bonds is 11. The van der Waals surface area contributed by atoms with Crippen LogP contribution in [0.15, 0.2) is 59.5 Å². The van der Waals surface area contributed by atoms with Gasteiger partial charge in [0.1, 0.15) is 16.4 Å². The maximum atomic E-state index is 15.7. The number of aliphatic hydroxyl groups is 1. The number of aliphatic hydroxyl groups excluding tert-OH is 1. The van der Waals surface area contributed by atoms with Crippen LogP contribution in [-0.4, -0.2) is 112 Å². The monoisotopic (exact) mass is 823 g/mol. The summed E-state index contributed by atoms with van der Waals surface area (Å²) >= 11 is 6.60. The van der Waals surface area contributed by atoms with Gasteiger partial charge < -0.3 is 30.0 Å². The predicted molar refractivity (Wildman–Crippen MR) is 197 cm³/mol. The molecule has 0 aliphatic carbocycles. The minimum atomic E-state index is -5.34. The van der Waals surface area contributed by atoms with Crippen LogP contribution in [0.1, 0.15) is 36.0 Å². The molecule has 14 nitrogen and oxygen atoms in total. The van der Waals surface area contributed by atoms with E-state index in [0.29, 0.717) is 42.3 Å². The van der Waals surface area contributed by atoms with Gasteiger partial charge in [0, 0.05) is 55.3 Å². The number of nitrogens with two attached hydrogens (primary N) is 1. The topological polar surface area (TPSA) is 172 Å². The number of β-amino-alcohol motifs (C(OH)–C–C–N with tert-alkyl or cyclic N) is 1. The Morgan fingerprint density at radius 3 is 2.30 bits per heavy atom. The highest BCUT2D eigenvalue weighted by Gasteiger charge is 2.64. The average molecular weight is 824 g/mol. The van der Waals surface area contributed by atoms with E-state index in [1.54, 1.807) is 18.2 Å². The fourth-order valence-corrected chi connectivity index (χ4v) is 9.63. The molecule has 56 heavy (non-hydrogen) atoms. The summed E-state index contributed by atoms with van der Waals surface area (Å²) in [6.45, 7) is 1.08. The summed E-state index contributed by atoms with van der Waals surface area (Å²) in [7, 11) is 0.193. The van der Waals surface area contributed by atoms with Crippen LogP contribution in [0, 0.1) is 5.92 Å². The molecule has 0 aromatic heterocycles. The van der Waals surface area contributed by atoms with Crippen LogP contribution in [0.4, 0.5) is 18.9 Å². The van der Waals surface area contributed by atoms with E-state index in [1.807, 2.05) is 0 Å². The second kappa shape index (κ2) is 15.4. The average Bonchev–Trinajstić information content (AvgIpc) is 3.64. The summed E-state index contributed by atoms with van der Waals surface area (Å²) in [5.41, 5.74) is 3.68. The molecule has 3 aliphatic heterocycles. The third kappa shape index (κ3) is 7.35. The third-order valence-corrected chi connectivity index (χ3v) is 12.4. The Balaban J connectivity index is 1.61. The van der Waals surface area contributed by atoms with Gasteiger partial charge in [-0.3, -0.25) is 24.2 Å². The normalized spacial score (nSPS) is 22.2. The van der Waals surface area contributed by atoms with Gasteiger partial charge >= 0.3 is 6.36 Å². The molecule has 3 aliphatic rings. The first-order valence-corrected chi connectivity index (χ1v) is 19.3. The van der Waals surface area contributed by atoms with Gasteiger partial charge in [0.15, 0.2) is 11.3 Å². The number of halogens is 4. The second-order valence-corrected chi connectivity index (χ2v) is 16.3. The minimum Gasteiger partial charge on any atom is -0.497 e. The zero-order valence-corrected chi connectivity index (χ0v) is 32.4. The van der Waals surface area contributed by atoms with Crippen molar-refractivity contribution in [2.75, 3.05) is 52.3 Å². The van der Waals surface area contributed by atoms with E-state index in [-0.39, 0.29) is 58.1 Å². The van der Waals surface area contributed by atoms with Gasteiger partial charge in [-0.1, -0.05) is 17.7 Å². The van der Waals surface area contributed by atoms with E-state index in [9.17, 15) is 36.3 Å². The number of likely N-dealkylation sites (N-methyl/N-ethyl adjacent to an activating group) is 1. The van der Waals surface area contributed by atoms with Gasteiger partial charge in [0.05, 0.1) is 32.1 Å². The number of methoxy groups -OCH3 is 2. The lowest BCUT2D eigenvalue weighted by Crippen LogP contribution is -2.59. The second-order valence-electron chi connectivity index (χ2n) is 14.1. The Bertz CT molecular complexity index is 2150. The fourth-order valence-electron chi connectivity index (χ4n) is 7.90. The summed E-state index contributed by atoms with van der Waals surface area (Å²) in [5, 5.41) is 11.2. The Labute approximate surface area is 326 Å². The number of likely N-dealkylation sites (tertiary alicyclic amines) is 2. The quantitative estimate of drug-likeness (QED) is 0.290. The van der Waals surface area contributed by atoms with Crippen molar-refractivity contribution in [3.8, 4) is 17.2 Å². The number of ether oxygens (including phenoxy) is 3. The highest BCUT2D eigenvalue weighted by Crippen LogP contribution is 2.55. The Morgan fingerprint density at radius 1 is 1.00 bits per heavy atom. The van der Waals surface area contributed by atoms with E-state index >= 15 is 4.79 Å². The molecule has 3 aromatic rings. The van der Waals surface area contributed by atoms with Crippen LogP contribution in [0.3, 0.4) is 0 Å². The van der Waals surface area contributed by atoms with E-state index in [2.05, 4.69) is 9.64 Å². The lowest BCUT2D eigenvalue weighted by atomic mass is 9.80. The molecular weight excluding hydrogens is 783 g/mol. The summed E-state index contributed by atoms with van der Waals surface area (Å²) < 4.78 is 86.3. The predicted octanol–water partition coefficient (Wildman–Crippen LogP) is 3.46. The first-order chi connectivity index (χ1) is 26.3. The van der Waals surface area contributed by atoms with Crippen LogP contribution in [0.5, 0.6) is 17.2 Å². The lowest BCUT2D eigenvalue weighted by Gasteiger charge is -2.42. The number of benzene rings is 3. The van der Waals surface area contributed by atoms with Crippen LogP contribution < -0.4 is 24.2 Å².